The zero-order valence-corrected chi connectivity index (χ0v) is 9.48. The van der Waals surface area contributed by atoms with Gasteiger partial charge in [-0.15, -0.1) is 0 Å². The number of ether oxygens (including phenoxy) is 1. The number of rotatable bonds is 5. The van der Waals surface area contributed by atoms with Gasteiger partial charge in [-0.2, -0.15) is 0 Å². The normalized spacial score (nSPS) is 10.6. The highest BCUT2D eigenvalue weighted by atomic mass is 16.5. The summed E-state index contributed by atoms with van der Waals surface area (Å²) in [5, 5.41) is 0. The Labute approximate surface area is 95.9 Å². The van der Waals surface area contributed by atoms with Crippen LogP contribution >= 0.6 is 0 Å². The fraction of sp³-hybridized carbons (Fsp3) is 0.308. The molecular weight excluding hydrogens is 202 g/mol. The molecule has 1 aromatic rings. The highest BCUT2D eigenvalue weighted by Crippen LogP contribution is 2.07. The van der Waals surface area contributed by atoms with Gasteiger partial charge < -0.3 is 10.5 Å². The van der Waals surface area contributed by atoms with Crippen molar-refractivity contribution >= 4 is 12.0 Å². The molecule has 1 rings (SSSR count). The van der Waals surface area contributed by atoms with Gasteiger partial charge in [-0.1, -0.05) is 36.4 Å². The van der Waals surface area contributed by atoms with E-state index < -0.39 is 0 Å². The smallest absolute Gasteiger partial charge is 0.310 e. The van der Waals surface area contributed by atoms with Crippen LogP contribution in [-0.4, -0.2) is 19.1 Å². The molecular formula is C13H17NO2. The molecule has 3 heteroatoms. The third-order valence-electron chi connectivity index (χ3n) is 2.08. The molecule has 1 aromatic carbocycles. The summed E-state index contributed by atoms with van der Waals surface area (Å²) in [6.07, 6.45) is 4.17. The third-order valence-corrected chi connectivity index (χ3v) is 2.08. The van der Waals surface area contributed by atoms with Gasteiger partial charge in [0.15, 0.2) is 0 Å². The number of hydrogen-bond donors (Lipinski definition) is 1. The Hall–Kier alpha value is -1.61. The van der Waals surface area contributed by atoms with Gasteiger partial charge in [-0.05, 0) is 18.1 Å². The van der Waals surface area contributed by atoms with Crippen molar-refractivity contribution in [2.75, 3.05) is 13.2 Å². The van der Waals surface area contributed by atoms with Crippen LogP contribution in [0, 0.1) is 0 Å². The molecule has 0 heterocycles. The van der Waals surface area contributed by atoms with Gasteiger partial charge in [-0.3, -0.25) is 4.79 Å². The molecule has 0 bridgehead atoms. The molecule has 0 amide bonds. The van der Waals surface area contributed by atoms with Crippen molar-refractivity contribution < 1.29 is 9.53 Å². The summed E-state index contributed by atoms with van der Waals surface area (Å²) in [7, 11) is 0. The Balaban J connectivity index is 2.57. The predicted octanol–water partition coefficient (Wildman–Crippen LogP) is 1.76. The van der Waals surface area contributed by atoms with Gasteiger partial charge in [0.25, 0.3) is 0 Å². The Kier molecular flexibility index (Phi) is 5.29. The van der Waals surface area contributed by atoms with Gasteiger partial charge in [0.05, 0.1) is 13.0 Å². The second-order valence-corrected chi connectivity index (χ2v) is 3.36. The largest absolute Gasteiger partial charge is 0.466 e. The summed E-state index contributed by atoms with van der Waals surface area (Å²) in [5.41, 5.74) is 7.40. The molecule has 0 radical (unpaired) electrons. The van der Waals surface area contributed by atoms with Crippen molar-refractivity contribution in [3.05, 3.63) is 41.5 Å². The topological polar surface area (TPSA) is 52.3 Å². The summed E-state index contributed by atoms with van der Waals surface area (Å²) in [4.78, 5) is 11.2. The molecule has 0 atom stereocenters. The van der Waals surface area contributed by atoms with Crippen molar-refractivity contribution in [1.82, 2.24) is 0 Å². The van der Waals surface area contributed by atoms with Crippen molar-refractivity contribution in [3.8, 4) is 0 Å². The van der Waals surface area contributed by atoms with Gasteiger partial charge >= 0.3 is 5.97 Å². The molecule has 0 aliphatic rings. The Morgan fingerprint density at radius 3 is 2.62 bits per heavy atom. The van der Waals surface area contributed by atoms with Crippen molar-refractivity contribution in [2.24, 2.45) is 5.73 Å². The molecule has 0 saturated heterocycles. The first-order chi connectivity index (χ1) is 7.76. The lowest BCUT2D eigenvalue weighted by Crippen LogP contribution is -2.07. The average molecular weight is 219 g/mol. The molecule has 0 spiro atoms. The van der Waals surface area contributed by atoms with Crippen LogP contribution in [0.25, 0.3) is 6.08 Å². The summed E-state index contributed by atoms with van der Waals surface area (Å²) >= 11 is 0. The number of benzene rings is 1. The van der Waals surface area contributed by atoms with Gasteiger partial charge in [0.1, 0.15) is 0 Å². The molecule has 0 saturated carbocycles. The molecule has 0 unspecified atom stereocenters. The van der Waals surface area contributed by atoms with E-state index in [1.165, 1.54) is 0 Å². The monoisotopic (exact) mass is 219 g/mol. The average Bonchev–Trinajstić information content (AvgIpc) is 2.28. The van der Waals surface area contributed by atoms with E-state index >= 15 is 0 Å². The minimum atomic E-state index is -0.187. The molecule has 2 N–H and O–H groups in total. The Morgan fingerprint density at radius 1 is 1.38 bits per heavy atom. The van der Waals surface area contributed by atoms with Crippen LogP contribution in [0.5, 0.6) is 0 Å². The second kappa shape index (κ2) is 6.80. The van der Waals surface area contributed by atoms with Crippen LogP contribution in [0.2, 0.25) is 0 Å². The van der Waals surface area contributed by atoms with Crippen LogP contribution in [0.1, 0.15) is 18.1 Å². The highest BCUT2D eigenvalue weighted by Gasteiger charge is 2.02. The summed E-state index contributed by atoms with van der Waals surface area (Å²) in [5.74, 6) is -0.187. The first-order valence-corrected chi connectivity index (χ1v) is 5.37. The van der Waals surface area contributed by atoms with E-state index in [1.807, 2.05) is 36.4 Å². The second-order valence-electron chi connectivity index (χ2n) is 3.36. The number of nitrogens with two attached hydrogens (primary N) is 1. The van der Waals surface area contributed by atoms with Crippen LogP contribution in [0.3, 0.4) is 0 Å². The Morgan fingerprint density at radius 2 is 2.06 bits per heavy atom. The van der Waals surface area contributed by atoms with Gasteiger partial charge in [-0.25, -0.2) is 0 Å². The lowest BCUT2D eigenvalue weighted by Gasteiger charge is -2.02. The third kappa shape index (κ3) is 4.28. The van der Waals surface area contributed by atoms with E-state index in [0.717, 1.165) is 11.1 Å². The quantitative estimate of drug-likeness (QED) is 0.768. The van der Waals surface area contributed by atoms with Crippen molar-refractivity contribution in [3.63, 3.8) is 0 Å². The summed E-state index contributed by atoms with van der Waals surface area (Å²) < 4.78 is 4.87. The predicted molar refractivity (Wildman–Crippen MR) is 64.9 cm³/mol. The first-order valence-electron chi connectivity index (χ1n) is 5.37. The van der Waals surface area contributed by atoms with Crippen LogP contribution in [0.4, 0.5) is 0 Å². The highest BCUT2D eigenvalue weighted by molar-refractivity contribution is 5.72. The van der Waals surface area contributed by atoms with Gasteiger partial charge in [0, 0.05) is 6.54 Å². The lowest BCUT2D eigenvalue weighted by atomic mass is 10.1. The lowest BCUT2D eigenvalue weighted by molar-refractivity contribution is -0.142. The number of carbonyl (C=O) groups is 1. The van der Waals surface area contributed by atoms with Crippen LogP contribution in [-0.2, 0) is 16.0 Å². The van der Waals surface area contributed by atoms with Gasteiger partial charge in [0.2, 0.25) is 0 Å². The molecule has 86 valence electrons. The molecule has 0 aliphatic heterocycles. The first kappa shape index (κ1) is 12.5. The molecule has 3 nitrogen and oxygen atoms in total. The maximum absolute atomic E-state index is 11.2. The maximum atomic E-state index is 11.2. The molecule has 0 aromatic heterocycles. The van der Waals surface area contributed by atoms with Crippen molar-refractivity contribution in [2.45, 2.75) is 13.3 Å². The SMILES string of the molecule is CCOC(=O)Cc1ccc(C=CCN)cc1. The molecule has 16 heavy (non-hydrogen) atoms. The zero-order valence-electron chi connectivity index (χ0n) is 9.48. The minimum absolute atomic E-state index is 0.187. The molecule has 0 fully saturated rings. The van der Waals surface area contributed by atoms with E-state index in [-0.39, 0.29) is 5.97 Å². The number of carbonyl (C=O) groups excluding carboxylic acids is 1. The summed E-state index contributed by atoms with van der Waals surface area (Å²) in [6.45, 7) is 2.76. The van der Waals surface area contributed by atoms with E-state index in [4.69, 9.17) is 10.5 Å². The van der Waals surface area contributed by atoms with E-state index in [0.29, 0.717) is 19.6 Å². The maximum Gasteiger partial charge on any atom is 0.310 e. The fourth-order valence-corrected chi connectivity index (χ4v) is 1.33. The summed E-state index contributed by atoms with van der Waals surface area (Å²) in [6, 6.07) is 7.77. The van der Waals surface area contributed by atoms with Crippen LogP contribution < -0.4 is 5.73 Å². The van der Waals surface area contributed by atoms with E-state index in [2.05, 4.69) is 0 Å². The zero-order chi connectivity index (χ0) is 11.8. The number of esters is 1. The standard InChI is InChI=1S/C13H17NO2/c1-2-16-13(15)10-12-7-5-11(6-8-12)4-3-9-14/h3-8H,2,9-10,14H2,1H3. The van der Waals surface area contributed by atoms with Crippen LogP contribution in [0.15, 0.2) is 30.3 Å². The number of hydrogen-bond acceptors (Lipinski definition) is 3. The van der Waals surface area contributed by atoms with Crippen molar-refractivity contribution in [1.29, 1.82) is 0 Å². The Bertz CT molecular complexity index is 355. The minimum Gasteiger partial charge on any atom is -0.466 e. The molecule has 0 aliphatic carbocycles. The van der Waals surface area contributed by atoms with E-state index in [1.54, 1.807) is 6.92 Å². The fourth-order valence-electron chi connectivity index (χ4n) is 1.33. The van der Waals surface area contributed by atoms with E-state index in [9.17, 15) is 4.79 Å².